The highest BCUT2D eigenvalue weighted by atomic mass is 32.2. The van der Waals surface area contributed by atoms with Crippen LogP contribution in [0.2, 0.25) is 0 Å². The number of para-hydroxylation sites is 1. The highest BCUT2D eigenvalue weighted by Gasteiger charge is 2.22. The first-order valence-electron chi connectivity index (χ1n) is 9.36. The second-order valence-electron chi connectivity index (χ2n) is 6.78. The van der Waals surface area contributed by atoms with Gasteiger partial charge in [-0.15, -0.1) is 11.8 Å². The fraction of sp³-hybridized carbons (Fsp3) is 0.550. The van der Waals surface area contributed by atoms with Crippen molar-refractivity contribution in [1.82, 2.24) is 4.90 Å². The summed E-state index contributed by atoms with van der Waals surface area (Å²) in [6.07, 6.45) is 4.81. The zero-order chi connectivity index (χ0) is 19.6. The van der Waals surface area contributed by atoms with Crippen molar-refractivity contribution in [3.63, 3.8) is 0 Å². The lowest BCUT2D eigenvalue weighted by Crippen LogP contribution is -2.39. The van der Waals surface area contributed by atoms with Crippen molar-refractivity contribution in [3.05, 3.63) is 30.3 Å². The van der Waals surface area contributed by atoms with Crippen molar-refractivity contribution < 1.29 is 19.1 Å². The van der Waals surface area contributed by atoms with Crippen LogP contribution in [0.5, 0.6) is 0 Å². The number of rotatable bonds is 8. The number of carbonyl (C=O) groups is 3. The average Bonchev–Trinajstić information content (AvgIpc) is 2.68. The molecule has 1 N–H and O–H groups in total. The molecule has 1 aliphatic rings. The molecule has 148 valence electrons. The van der Waals surface area contributed by atoms with Crippen LogP contribution in [0.4, 0.5) is 5.69 Å². The van der Waals surface area contributed by atoms with E-state index in [9.17, 15) is 14.4 Å². The van der Waals surface area contributed by atoms with Crippen molar-refractivity contribution in [2.45, 2.75) is 51.2 Å². The van der Waals surface area contributed by atoms with Gasteiger partial charge in [0.1, 0.15) is 0 Å². The van der Waals surface area contributed by atoms with Gasteiger partial charge >= 0.3 is 5.97 Å². The molecule has 6 nitrogen and oxygen atoms in total. The minimum absolute atomic E-state index is 0.0366. The summed E-state index contributed by atoms with van der Waals surface area (Å²) in [5.41, 5.74) is 0.649. The molecule has 0 radical (unpaired) electrons. The topological polar surface area (TPSA) is 75.7 Å². The van der Waals surface area contributed by atoms with Crippen LogP contribution in [-0.4, -0.2) is 53.4 Å². The molecule has 1 atom stereocenters. The predicted molar refractivity (Wildman–Crippen MR) is 108 cm³/mol. The van der Waals surface area contributed by atoms with Crippen LogP contribution in [0.15, 0.2) is 30.3 Å². The maximum Gasteiger partial charge on any atom is 0.316 e. The lowest BCUT2D eigenvalue weighted by Gasteiger charge is -2.31. The normalized spacial score (nSPS) is 15.6. The summed E-state index contributed by atoms with van der Waals surface area (Å²) < 4.78 is 5.15. The van der Waals surface area contributed by atoms with Crippen LogP contribution < -0.4 is 5.32 Å². The van der Waals surface area contributed by atoms with Crippen LogP contribution >= 0.6 is 11.8 Å². The Morgan fingerprint density at radius 2 is 1.81 bits per heavy atom. The summed E-state index contributed by atoms with van der Waals surface area (Å²) >= 11 is 1.22. The van der Waals surface area contributed by atoms with Gasteiger partial charge in [-0.25, -0.2) is 0 Å². The third-order valence-electron chi connectivity index (χ3n) is 4.68. The Bertz CT molecular complexity index is 632. The van der Waals surface area contributed by atoms with Crippen LogP contribution in [-0.2, 0) is 19.1 Å². The van der Waals surface area contributed by atoms with Crippen LogP contribution in [0, 0.1) is 0 Å². The summed E-state index contributed by atoms with van der Waals surface area (Å²) in [4.78, 5) is 38.0. The minimum atomic E-state index is -0.890. The van der Waals surface area contributed by atoms with Gasteiger partial charge in [-0.05, 0) is 31.9 Å². The Kier molecular flexibility index (Phi) is 8.64. The molecule has 0 saturated heterocycles. The minimum Gasteiger partial charge on any atom is -0.452 e. The molecule has 0 unspecified atom stereocenters. The number of hydrogen-bond donors (Lipinski definition) is 1. The molecule has 1 aromatic rings. The number of nitrogens with one attached hydrogen (secondary N) is 1. The van der Waals surface area contributed by atoms with E-state index in [-0.39, 0.29) is 23.3 Å². The zero-order valence-electron chi connectivity index (χ0n) is 16.0. The van der Waals surface area contributed by atoms with E-state index in [1.165, 1.54) is 37.9 Å². The van der Waals surface area contributed by atoms with Crippen LogP contribution in [0.25, 0.3) is 0 Å². The summed E-state index contributed by atoms with van der Waals surface area (Å²) in [5, 5.41) is 2.69. The molecule has 0 heterocycles. The summed E-state index contributed by atoms with van der Waals surface area (Å²) in [6.45, 7) is 1.53. The lowest BCUT2D eigenvalue weighted by atomic mass is 9.94. The fourth-order valence-electron chi connectivity index (χ4n) is 3.05. The van der Waals surface area contributed by atoms with E-state index in [0.717, 1.165) is 12.8 Å². The van der Waals surface area contributed by atoms with Gasteiger partial charge < -0.3 is 15.0 Å². The number of amides is 2. The average molecular weight is 393 g/mol. The van der Waals surface area contributed by atoms with Crippen LogP contribution in [0.1, 0.15) is 39.0 Å². The van der Waals surface area contributed by atoms with E-state index < -0.39 is 12.1 Å². The molecule has 1 saturated carbocycles. The quantitative estimate of drug-likeness (QED) is 0.688. The highest BCUT2D eigenvalue weighted by molar-refractivity contribution is 8.00. The van der Waals surface area contributed by atoms with Crippen molar-refractivity contribution in [3.8, 4) is 0 Å². The number of thioether (sulfide) groups is 1. The first kappa shape index (κ1) is 21.3. The Morgan fingerprint density at radius 3 is 2.48 bits per heavy atom. The van der Waals surface area contributed by atoms with E-state index in [2.05, 4.69) is 5.32 Å². The first-order valence-corrected chi connectivity index (χ1v) is 10.5. The SMILES string of the molecule is C[C@@H](OC(=O)CSCC(=O)N(C)C1CCCCC1)C(=O)Nc1ccccc1. The summed E-state index contributed by atoms with van der Waals surface area (Å²) in [6, 6.07) is 9.31. The van der Waals surface area contributed by atoms with Crippen molar-refractivity contribution >= 4 is 35.2 Å². The number of esters is 1. The summed E-state index contributed by atoms with van der Waals surface area (Å²) in [5.74, 6) is -0.550. The van der Waals surface area contributed by atoms with E-state index in [4.69, 9.17) is 4.74 Å². The monoisotopic (exact) mass is 392 g/mol. The van der Waals surface area contributed by atoms with E-state index in [0.29, 0.717) is 11.7 Å². The van der Waals surface area contributed by atoms with Crippen LogP contribution in [0.3, 0.4) is 0 Å². The second kappa shape index (κ2) is 11.0. The maximum atomic E-state index is 12.2. The Balaban J connectivity index is 1.66. The third kappa shape index (κ3) is 7.25. The first-order chi connectivity index (χ1) is 13.0. The number of anilines is 1. The molecule has 0 spiro atoms. The molecular formula is C20H28N2O4S. The number of benzene rings is 1. The molecule has 1 fully saturated rings. The molecule has 1 aromatic carbocycles. The Morgan fingerprint density at radius 1 is 1.15 bits per heavy atom. The molecule has 0 bridgehead atoms. The van der Waals surface area contributed by atoms with Gasteiger partial charge in [0.25, 0.3) is 5.91 Å². The van der Waals surface area contributed by atoms with E-state index >= 15 is 0 Å². The number of hydrogen-bond acceptors (Lipinski definition) is 5. The molecular weight excluding hydrogens is 364 g/mol. The van der Waals surface area contributed by atoms with Crippen molar-refractivity contribution in [2.24, 2.45) is 0 Å². The third-order valence-corrected chi connectivity index (χ3v) is 5.57. The van der Waals surface area contributed by atoms with Crippen molar-refractivity contribution in [2.75, 3.05) is 23.9 Å². The highest BCUT2D eigenvalue weighted by Crippen LogP contribution is 2.22. The van der Waals surface area contributed by atoms with E-state index in [1.54, 1.807) is 12.1 Å². The van der Waals surface area contributed by atoms with Gasteiger partial charge in [0.05, 0.1) is 11.5 Å². The van der Waals surface area contributed by atoms with Gasteiger partial charge in [0.2, 0.25) is 5.91 Å². The summed E-state index contributed by atoms with van der Waals surface area (Å²) in [7, 11) is 1.84. The molecule has 2 amide bonds. The molecule has 1 aliphatic carbocycles. The number of carbonyl (C=O) groups excluding carboxylic acids is 3. The van der Waals surface area contributed by atoms with Gasteiger partial charge in [-0.2, -0.15) is 0 Å². The molecule has 2 rings (SSSR count). The van der Waals surface area contributed by atoms with Gasteiger partial charge in [-0.1, -0.05) is 37.5 Å². The second-order valence-corrected chi connectivity index (χ2v) is 7.76. The molecule has 27 heavy (non-hydrogen) atoms. The number of ether oxygens (including phenoxy) is 1. The Hall–Kier alpha value is -2.02. The largest absolute Gasteiger partial charge is 0.452 e. The molecule has 0 aromatic heterocycles. The lowest BCUT2D eigenvalue weighted by molar-refractivity contribution is -0.150. The molecule has 0 aliphatic heterocycles. The van der Waals surface area contributed by atoms with Gasteiger partial charge in [0.15, 0.2) is 6.10 Å². The van der Waals surface area contributed by atoms with Crippen molar-refractivity contribution in [1.29, 1.82) is 0 Å². The number of nitrogens with zero attached hydrogens (tertiary/aromatic N) is 1. The Labute approximate surface area is 165 Å². The predicted octanol–water partition coefficient (Wildman–Crippen LogP) is 3.08. The maximum absolute atomic E-state index is 12.2. The standard InChI is InChI=1S/C20H28N2O4S/c1-15(20(25)21-16-9-5-3-6-10-16)26-19(24)14-27-13-18(23)22(2)17-11-7-4-8-12-17/h3,5-6,9-10,15,17H,4,7-8,11-14H2,1-2H3,(H,21,25)/t15-/m1/s1. The zero-order valence-corrected chi connectivity index (χ0v) is 16.8. The van der Waals surface area contributed by atoms with Gasteiger partial charge in [-0.3, -0.25) is 14.4 Å². The van der Waals surface area contributed by atoms with E-state index in [1.807, 2.05) is 30.1 Å². The fourth-order valence-corrected chi connectivity index (χ4v) is 3.76. The van der Waals surface area contributed by atoms with Gasteiger partial charge in [0, 0.05) is 18.8 Å². The smallest absolute Gasteiger partial charge is 0.316 e. The molecule has 7 heteroatoms.